The van der Waals surface area contributed by atoms with E-state index in [4.69, 9.17) is 4.98 Å². The van der Waals surface area contributed by atoms with Crippen molar-refractivity contribution in [3.05, 3.63) is 102 Å². The number of thiophene rings is 1. The molecule has 0 aliphatic heterocycles. The summed E-state index contributed by atoms with van der Waals surface area (Å²) in [7, 11) is 4.26. The van der Waals surface area contributed by atoms with Crippen molar-refractivity contribution in [3.63, 3.8) is 0 Å². The normalized spacial score (nSPS) is 12.0. The molecule has 0 atom stereocenters. The van der Waals surface area contributed by atoms with Crippen molar-refractivity contribution >= 4 is 38.0 Å². The molecular formula is C44H55IrN2O2S-. The molecule has 4 nitrogen and oxygen atoms in total. The molecule has 5 rings (SSSR count). The van der Waals surface area contributed by atoms with E-state index in [1.807, 2.05) is 56.0 Å². The number of aromatic nitrogens is 2. The average Bonchev–Trinajstić information content (AvgIpc) is 3.46. The first-order chi connectivity index (χ1) is 23.3. The Bertz CT molecular complexity index is 1910. The first kappa shape index (κ1) is 41.1. The van der Waals surface area contributed by atoms with Gasteiger partial charge in [0.05, 0.1) is 17.6 Å². The summed E-state index contributed by atoms with van der Waals surface area (Å²) in [6.45, 7) is 19.4. The minimum Gasteiger partial charge on any atom is -0.512 e. The van der Waals surface area contributed by atoms with Crippen LogP contribution < -0.4 is 4.57 Å². The van der Waals surface area contributed by atoms with Gasteiger partial charge in [0.2, 0.25) is 0 Å². The third kappa shape index (κ3) is 10.1. The number of carbonyl (C=O) groups excluding carboxylic acids is 1. The number of pyridine rings is 2. The third-order valence-corrected chi connectivity index (χ3v) is 10.5. The number of aliphatic hydroxyl groups excluding tert-OH is 1. The molecule has 0 aliphatic carbocycles. The first-order valence-corrected chi connectivity index (χ1v) is 18.8. The molecule has 1 radical (unpaired) electrons. The Morgan fingerprint density at radius 3 is 2.26 bits per heavy atom. The SMILES string of the molecule is CCC(CC)C(=O)/C=C(\O)C(CC)CC.[CH2-][n+]1ccc(-c2cc3sc(CC(C)C)cc3cn2)cc1-c1[c-]c2ccccc2c(C(C)(C)C)c1.[Ir]. The number of hydrogen-bond acceptors (Lipinski definition) is 4. The summed E-state index contributed by atoms with van der Waals surface area (Å²) in [6, 6.07) is 23.2. The van der Waals surface area contributed by atoms with Crippen LogP contribution in [0.25, 0.3) is 43.4 Å². The van der Waals surface area contributed by atoms with Gasteiger partial charge in [-0.3, -0.25) is 9.78 Å². The number of fused-ring (bicyclic) bond motifs is 2. The standard InChI is InChI=1S/C31H31N2S.C13H24O2.Ir/c1-20(2)13-25-15-24-19-32-28(18-30(24)34-25)22-11-12-33(6)29(17-22)23-14-21-9-7-8-10-26(21)27(16-23)31(3,4)5;1-5-10(6-2)12(14)9-13(15)11(7-3)8-4;/h7-12,15-20H,6,13H2,1-5H3;9-11,14H,5-8H2,1-4H3;/q-1;;/b;12-9-;. The Kier molecular flexibility index (Phi) is 15.0. The second kappa shape index (κ2) is 18.3. The van der Waals surface area contributed by atoms with E-state index in [9.17, 15) is 9.90 Å². The molecule has 0 unspecified atom stereocenters. The predicted molar refractivity (Wildman–Crippen MR) is 209 cm³/mol. The van der Waals surface area contributed by atoms with Crippen molar-refractivity contribution in [2.45, 2.75) is 99.8 Å². The van der Waals surface area contributed by atoms with E-state index in [2.05, 4.69) is 102 Å². The second-order valence-corrected chi connectivity index (χ2v) is 15.7. The molecule has 3 aromatic heterocycles. The smallest absolute Gasteiger partial charge is 0.162 e. The molecule has 2 aromatic carbocycles. The van der Waals surface area contributed by atoms with E-state index in [-0.39, 0.29) is 48.9 Å². The van der Waals surface area contributed by atoms with E-state index >= 15 is 0 Å². The fraction of sp³-hybridized carbons (Fsp3) is 0.409. The molecule has 0 spiro atoms. The van der Waals surface area contributed by atoms with E-state index in [1.54, 1.807) is 0 Å². The van der Waals surface area contributed by atoms with Crippen LogP contribution >= 0.6 is 11.3 Å². The van der Waals surface area contributed by atoms with Crippen LogP contribution in [0.3, 0.4) is 0 Å². The number of benzene rings is 2. The molecule has 1 N–H and O–H groups in total. The van der Waals surface area contributed by atoms with Crippen LogP contribution in [0.4, 0.5) is 0 Å². The summed E-state index contributed by atoms with van der Waals surface area (Å²) >= 11 is 1.88. The van der Waals surface area contributed by atoms with Gasteiger partial charge in [0.1, 0.15) is 5.69 Å². The zero-order valence-electron chi connectivity index (χ0n) is 31.4. The van der Waals surface area contributed by atoms with Crippen molar-refractivity contribution < 1.29 is 34.6 Å². The van der Waals surface area contributed by atoms with Gasteiger partial charge in [-0.15, -0.1) is 40.5 Å². The number of hydrogen-bond donors (Lipinski definition) is 1. The Balaban J connectivity index is 0.000000361. The van der Waals surface area contributed by atoms with E-state index in [0.29, 0.717) is 5.92 Å². The van der Waals surface area contributed by atoms with E-state index < -0.39 is 0 Å². The maximum atomic E-state index is 11.7. The number of rotatable bonds is 11. The van der Waals surface area contributed by atoms with Gasteiger partial charge >= 0.3 is 0 Å². The van der Waals surface area contributed by atoms with Crippen molar-refractivity contribution in [1.82, 2.24) is 4.98 Å². The molecule has 0 aliphatic rings. The Hall–Kier alpha value is -3.31. The maximum Gasteiger partial charge on any atom is 0.162 e. The van der Waals surface area contributed by atoms with Gasteiger partial charge in [0.15, 0.2) is 5.78 Å². The summed E-state index contributed by atoms with van der Waals surface area (Å²) in [5.41, 5.74) is 5.50. The van der Waals surface area contributed by atoms with E-state index in [1.165, 1.54) is 32.0 Å². The maximum absolute atomic E-state index is 11.7. The number of allylic oxidation sites excluding steroid dienone is 2. The fourth-order valence-corrected chi connectivity index (χ4v) is 7.62. The Morgan fingerprint density at radius 1 is 0.980 bits per heavy atom. The summed E-state index contributed by atoms with van der Waals surface area (Å²) in [5, 5.41) is 13.4. The molecule has 3 heterocycles. The van der Waals surface area contributed by atoms with Gasteiger partial charge in [-0.05, 0) is 73.3 Å². The molecule has 0 amide bonds. The summed E-state index contributed by atoms with van der Waals surface area (Å²) in [6.07, 6.45) is 10.0. The summed E-state index contributed by atoms with van der Waals surface area (Å²) < 4.78 is 3.22. The van der Waals surface area contributed by atoms with Gasteiger partial charge in [0, 0.05) is 66.2 Å². The number of nitrogens with zero attached hydrogens (tertiary/aromatic N) is 2. The number of aliphatic hydroxyl groups is 1. The molecule has 269 valence electrons. The minimum absolute atomic E-state index is 0. The molecule has 0 bridgehead atoms. The van der Waals surface area contributed by atoms with Gasteiger partial charge in [-0.1, -0.05) is 91.5 Å². The summed E-state index contributed by atoms with van der Waals surface area (Å²) in [5.74, 6) is 1.20. The van der Waals surface area contributed by atoms with Gasteiger partial charge in [-0.25, -0.2) is 0 Å². The average molecular weight is 868 g/mol. The van der Waals surface area contributed by atoms with Crippen molar-refractivity contribution in [2.24, 2.45) is 17.8 Å². The van der Waals surface area contributed by atoms with E-state index in [0.717, 1.165) is 60.0 Å². The quantitative estimate of drug-likeness (QED) is 0.0623. The molecule has 6 heteroatoms. The Labute approximate surface area is 318 Å². The zero-order valence-corrected chi connectivity index (χ0v) is 34.6. The first-order valence-electron chi connectivity index (χ1n) is 17.9. The third-order valence-electron chi connectivity index (χ3n) is 9.33. The van der Waals surface area contributed by atoms with Crippen molar-refractivity contribution in [3.8, 4) is 22.5 Å². The predicted octanol–water partition coefficient (Wildman–Crippen LogP) is 11.9. The van der Waals surface area contributed by atoms with Crippen LogP contribution in [0.5, 0.6) is 0 Å². The monoisotopic (exact) mass is 868 g/mol. The van der Waals surface area contributed by atoms with Crippen LogP contribution in [0.15, 0.2) is 78.8 Å². The topological polar surface area (TPSA) is 54.1 Å². The van der Waals surface area contributed by atoms with Crippen molar-refractivity contribution in [2.75, 3.05) is 0 Å². The van der Waals surface area contributed by atoms with Gasteiger partial charge in [0.25, 0.3) is 0 Å². The number of ketones is 1. The number of carbonyl (C=O) groups is 1. The zero-order chi connectivity index (χ0) is 35.9. The van der Waals surface area contributed by atoms with Crippen LogP contribution in [-0.2, 0) is 36.7 Å². The van der Waals surface area contributed by atoms with Crippen LogP contribution in [-0.4, -0.2) is 15.9 Å². The fourth-order valence-electron chi connectivity index (χ4n) is 6.34. The van der Waals surface area contributed by atoms with Crippen LogP contribution in [0.1, 0.15) is 98.4 Å². The molecule has 0 saturated heterocycles. The van der Waals surface area contributed by atoms with Crippen LogP contribution in [0, 0.1) is 30.9 Å². The van der Waals surface area contributed by atoms with Crippen molar-refractivity contribution in [1.29, 1.82) is 0 Å². The molecule has 50 heavy (non-hydrogen) atoms. The molecule has 0 saturated carbocycles. The molecule has 0 fully saturated rings. The Morgan fingerprint density at radius 2 is 1.64 bits per heavy atom. The molecule has 5 aromatic rings. The minimum atomic E-state index is 0. The largest absolute Gasteiger partial charge is 0.512 e. The van der Waals surface area contributed by atoms with Gasteiger partial charge < -0.3 is 9.67 Å². The van der Waals surface area contributed by atoms with Crippen LogP contribution in [0.2, 0.25) is 0 Å². The molecular weight excluding hydrogens is 813 g/mol. The second-order valence-electron chi connectivity index (χ2n) is 14.6. The summed E-state index contributed by atoms with van der Waals surface area (Å²) in [4.78, 5) is 17.9. The van der Waals surface area contributed by atoms with Gasteiger partial charge in [-0.2, -0.15) is 0 Å².